The summed E-state index contributed by atoms with van der Waals surface area (Å²) >= 11 is 5.22. The highest BCUT2D eigenvalue weighted by Gasteiger charge is 2.05. The first kappa shape index (κ1) is 24.3. The summed E-state index contributed by atoms with van der Waals surface area (Å²) in [5.41, 5.74) is 1.11. The topological polar surface area (TPSA) is 56.7 Å². The molecule has 0 aliphatic heterocycles. The Morgan fingerprint density at radius 2 is 2.00 bits per heavy atom. The minimum absolute atomic E-state index is 0. The van der Waals surface area contributed by atoms with E-state index in [4.69, 9.17) is 0 Å². The molecule has 0 atom stereocenters. The molecular weight excluding hydrogens is 515 g/mol. The van der Waals surface area contributed by atoms with E-state index in [1.54, 1.807) is 30.8 Å². The Kier molecular flexibility index (Phi) is 14.0. The number of aliphatic imine (C=N–C) groups is 1. The van der Waals surface area contributed by atoms with E-state index >= 15 is 0 Å². The zero-order valence-corrected chi connectivity index (χ0v) is 19.4. The van der Waals surface area contributed by atoms with Crippen LogP contribution in [0.5, 0.6) is 0 Å². The molecule has 1 aromatic carbocycles. The molecule has 2 N–H and O–H groups in total. The lowest BCUT2D eigenvalue weighted by molar-refractivity contribution is -0.127. The van der Waals surface area contributed by atoms with Crippen molar-refractivity contribution in [3.8, 4) is 0 Å². The fourth-order valence-corrected chi connectivity index (χ4v) is 2.50. The van der Waals surface area contributed by atoms with Gasteiger partial charge in [0, 0.05) is 36.6 Å². The van der Waals surface area contributed by atoms with E-state index in [0.717, 1.165) is 28.1 Å². The van der Waals surface area contributed by atoms with Crippen molar-refractivity contribution in [2.24, 2.45) is 4.99 Å². The van der Waals surface area contributed by atoms with Crippen LogP contribution in [0.2, 0.25) is 0 Å². The monoisotopic (exact) mass is 540 g/mol. The Balaban J connectivity index is 0.00000576. The van der Waals surface area contributed by atoms with Crippen molar-refractivity contribution >= 4 is 63.5 Å². The van der Waals surface area contributed by atoms with Gasteiger partial charge in [-0.1, -0.05) is 34.1 Å². The van der Waals surface area contributed by atoms with Crippen LogP contribution in [0, 0.1) is 0 Å². The van der Waals surface area contributed by atoms with Crippen molar-refractivity contribution in [2.45, 2.75) is 6.54 Å². The Labute approximate surface area is 180 Å². The normalized spacial score (nSPS) is 10.6. The van der Waals surface area contributed by atoms with E-state index in [9.17, 15) is 4.79 Å². The van der Waals surface area contributed by atoms with Gasteiger partial charge in [-0.05, 0) is 17.7 Å². The molecule has 0 radical (unpaired) electrons. The first-order valence-electron chi connectivity index (χ1n) is 7.68. The molecule has 0 fully saturated rings. The molecule has 0 saturated heterocycles. The lowest BCUT2D eigenvalue weighted by Gasteiger charge is -2.15. The molecule has 1 aromatic rings. The van der Waals surface area contributed by atoms with Crippen molar-refractivity contribution in [3.63, 3.8) is 0 Å². The number of carbonyl (C=O) groups excluding carboxylic acids is 1. The highest BCUT2D eigenvalue weighted by molar-refractivity contribution is 14.0. The summed E-state index contributed by atoms with van der Waals surface area (Å²) in [5, 5.41) is 6.34. The zero-order valence-electron chi connectivity index (χ0n) is 14.6. The van der Waals surface area contributed by atoms with Crippen molar-refractivity contribution in [1.29, 1.82) is 0 Å². The summed E-state index contributed by atoms with van der Waals surface area (Å²) in [4.78, 5) is 17.8. The van der Waals surface area contributed by atoms with Crippen molar-refractivity contribution in [1.82, 2.24) is 15.5 Å². The van der Waals surface area contributed by atoms with Crippen LogP contribution in [0.3, 0.4) is 0 Å². The number of nitrogens with zero attached hydrogens (tertiary/aromatic N) is 2. The molecule has 0 bridgehead atoms. The van der Waals surface area contributed by atoms with Gasteiger partial charge in [0.2, 0.25) is 5.91 Å². The number of thioether (sulfide) groups is 1. The predicted octanol–water partition coefficient (Wildman–Crippen LogP) is 3.11. The van der Waals surface area contributed by atoms with Gasteiger partial charge in [-0.2, -0.15) is 11.8 Å². The number of guanidine groups is 1. The number of benzene rings is 1. The van der Waals surface area contributed by atoms with Crippen molar-refractivity contribution in [3.05, 3.63) is 47.0 Å². The van der Waals surface area contributed by atoms with Gasteiger partial charge in [-0.25, -0.2) is 4.99 Å². The standard InChI is InChI=1S/C17H25BrN4OS.HI/c1-4-10-24-11-9-19-17(21-13-16(23)22(2)3)20-12-14-5-7-15(18)8-6-14;/h4-8H,1,9-13H2,2-3H3,(H2,19,20,21);1H. The van der Waals surface area contributed by atoms with Gasteiger partial charge in [0.25, 0.3) is 0 Å². The van der Waals surface area contributed by atoms with Gasteiger partial charge in [-0.3, -0.25) is 4.79 Å². The van der Waals surface area contributed by atoms with Gasteiger partial charge in [0.1, 0.15) is 0 Å². The number of hydrogen-bond donors (Lipinski definition) is 2. The van der Waals surface area contributed by atoms with Gasteiger partial charge in [0.15, 0.2) is 5.96 Å². The second kappa shape index (κ2) is 14.4. The zero-order chi connectivity index (χ0) is 17.8. The van der Waals surface area contributed by atoms with E-state index in [2.05, 4.69) is 38.1 Å². The van der Waals surface area contributed by atoms with Gasteiger partial charge < -0.3 is 15.5 Å². The third-order valence-electron chi connectivity index (χ3n) is 3.01. The summed E-state index contributed by atoms with van der Waals surface area (Å²) in [6, 6.07) is 8.03. The Bertz CT molecular complexity index is 552. The second-order valence-electron chi connectivity index (χ2n) is 5.22. The Morgan fingerprint density at radius 3 is 2.60 bits per heavy atom. The summed E-state index contributed by atoms with van der Waals surface area (Å²) in [7, 11) is 3.48. The third-order valence-corrected chi connectivity index (χ3v) is 4.51. The maximum atomic E-state index is 11.7. The minimum atomic E-state index is 0. The van der Waals surface area contributed by atoms with Crippen LogP contribution in [-0.4, -0.2) is 55.5 Å². The van der Waals surface area contributed by atoms with Gasteiger partial charge in [0.05, 0.1) is 13.1 Å². The largest absolute Gasteiger partial charge is 0.356 e. The second-order valence-corrected chi connectivity index (χ2v) is 7.29. The number of hydrogen-bond acceptors (Lipinski definition) is 3. The Morgan fingerprint density at radius 1 is 1.32 bits per heavy atom. The van der Waals surface area contributed by atoms with Crippen LogP contribution >= 0.6 is 51.7 Å². The third kappa shape index (κ3) is 11.5. The molecule has 0 unspecified atom stereocenters. The van der Waals surface area contributed by atoms with Gasteiger partial charge in [-0.15, -0.1) is 30.6 Å². The maximum absolute atomic E-state index is 11.7. The van der Waals surface area contributed by atoms with Crippen LogP contribution in [0.4, 0.5) is 0 Å². The molecule has 0 aliphatic rings. The SMILES string of the molecule is C=CCSCCNC(=NCc1ccc(Br)cc1)NCC(=O)N(C)C.I. The molecule has 8 heteroatoms. The molecule has 1 amide bonds. The summed E-state index contributed by atoms with van der Waals surface area (Å²) in [6.45, 7) is 5.26. The van der Waals surface area contributed by atoms with Crippen LogP contribution in [0.25, 0.3) is 0 Å². The molecule has 0 spiro atoms. The lowest BCUT2D eigenvalue weighted by atomic mass is 10.2. The first-order chi connectivity index (χ1) is 11.5. The number of nitrogens with one attached hydrogen (secondary N) is 2. The average Bonchev–Trinajstić information content (AvgIpc) is 2.57. The highest BCUT2D eigenvalue weighted by atomic mass is 127. The highest BCUT2D eigenvalue weighted by Crippen LogP contribution is 2.11. The van der Waals surface area contributed by atoms with Crippen LogP contribution in [0.15, 0.2) is 46.4 Å². The fourth-order valence-electron chi connectivity index (χ4n) is 1.66. The maximum Gasteiger partial charge on any atom is 0.241 e. The molecule has 1 rings (SSSR count). The molecule has 140 valence electrons. The summed E-state index contributed by atoms with van der Waals surface area (Å²) < 4.78 is 1.04. The molecule has 5 nitrogen and oxygen atoms in total. The number of rotatable bonds is 9. The molecule has 0 saturated carbocycles. The Hall–Kier alpha value is -0.740. The average molecular weight is 541 g/mol. The van der Waals surface area contributed by atoms with Crippen molar-refractivity contribution < 1.29 is 4.79 Å². The number of likely N-dealkylation sites (N-methyl/N-ethyl adjacent to an activating group) is 1. The molecule has 0 aromatic heterocycles. The quantitative estimate of drug-likeness (QED) is 0.166. The van der Waals surface area contributed by atoms with Crippen LogP contribution in [0.1, 0.15) is 5.56 Å². The summed E-state index contributed by atoms with van der Waals surface area (Å²) in [5.74, 6) is 2.54. The minimum Gasteiger partial charge on any atom is -0.356 e. The molecule has 0 heterocycles. The van der Waals surface area contributed by atoms with E-state index < -0.39 is 0 Å². The first-order valence-corrected chi connectivity index (χ1v) is 9.63. The number of carbonyl (C=O) groups is 1. The fraction of sp³-hybridized carbons (Fsp3) is 0.412. The van der Waals surface area contributed by atoms with E-state index in [1.165, 1.54) is 0 Å². The van der Waals surface area contributed by atoms with E-state index in [1.807, 2.05) is 30.3 Å². The van der Waals surface area contributed by atoms with Crippen LogP contribution < -0.4 is 10.6 Å². The molecule has 25 heavy (non-hydrogen) atoms. The smallest absolute Gasteiger partial charge is 0.241 e. The predicted molar refractivity (Wildman–Crippen MR) is 123 cm³/mol. The van der Waals surface area contributed by atoms with Crippen molar-refractivity contribution in [2.75, 3.05) is 38.7 Å². The molecular formula is C17H26BrIN4OS. The van der Waals surface area contributed by atoms with Crippen LogP contribution in [-0.2, 0) is 11.3 Å². The molecule has 0 aliphatic carbocycles. The number of halogens is 2. The van der Waals surface area contributed by atoms with Gasteiger partial charge >= 0.3 is 0 Å². The number of amides is 1. The van der Waals surface area contributed by atoms with E-state index in [0.29, 0.717) is 12.5 Å². The lowest BCUT2D eigenvalue weighted by Crippen LogP contribution is -2.43. The summed E-state index contributed by atoms with van der Waals surface area (Å²) in [6.07, 6.45) is 1.89. The van der Waals surface area contributed by atoms with E-state index in [-0.39, 0.29) is 36.4 Å².